The highest BCUT2D eigenvalue weighted by atomic mass is 35.5. The van der Waals surface area contributed by atoms with E-state index in [1.165, 1.54) is 0 Å². The van der Waals surface area contributed by atoms with Crippen molar-refractivity contribution in [3.05, 3.63) is 40.9 Å². The third kappa shape index (κ3) is 5.87. The zero-order chi connectivity index (χ0) is 19.1. The summed E-state index contributed by atoms with van der Waals surface area (Å²) in [5.41, 5.74) is 0.835. The van der Waals surface area contributed by atoms with Crippen LogP contribution in [0.5, 0.6) is 5.75 Å². The van der Waals surface area contributed by atoms with Crippen LogP contribution in [0.25, 0.3) is 0 Å². The van der Waals surface area contributed by atoms with Gasteiger partial charge in [0.1, 0.15) is 5.75 Å². The first-order chi connectivity index (χ1) is 12.4. The van der Waals surface area contributed by atoms with E-state index >= 15 is 0 Å². The molecule has 0 radical (unpaired) electrons. The van der Waals surface area contributed by atoms with Gasteiger partial charge in [-0.25, -0.2) is 0 Å². The quantitative estimate of drug-likeness (QED) is 0.286. The summed E-state index contributed by atoms with van der Waals surface area (Å²) in [6.07, 6.45) is 6.68. The fraction of sp³-hybridized carbons (Fsp3) is 0.524. The fourth-order valence-electron chi connectivity index (χ4n) is 2.98. The number of carbonyl (C=O) groups is 2. The number of hydrogen-bond acceptors (Lipinski definition) is 4. The number of ether oxygens (including phenoxy) is 2. The Kier molecular flexibility index (Phi) is 7.70. The van der Waals surface area contributed by atoms with E-state index < -0.39 is 17.8 Å². The van der Waals surface area contributed by atoms with Crippen LogP contribution < -0.4 is 4.74 Å². The van der Waals surface area contributed by atoms with Gasteiger partial charge in [-0.3, -0.25) is 9.59 Å². The van der Waals surface area contributed by atoms with Crippen LogP contribution in [0, 0.1) is 24.7 Å². The summed E-state index contributed by atoms with van der Waals surface area (Å²) >= 11 is 6.00. The highest BCUT2D eigenvalue weighted by Gasteiger charge is 2.36. The Labute approximate surface area is 160 Å². The maximum absolute atomic E-state index is 12.6. The minimum atomic E-state index is -0.520. The molecule has 142 valence electrons. The number of hydrogen-bond donors (Lipinski definition) is 0. The Balaban J connectivity index is 1.96. The number of rotatable bonds is 7. The van der Waals surface area contributed by atoms with Crippen LogP contribution in [-0.4, -0.2) is 18.5 Å². The normalized spacial score (nSPS) is 19.4. The first-order valence-corrected chi connectivity index (χ1v) is 9.55. The molecule has 0 bridgehead atoms. The Morgan fingerprint density at radius 3 is 2.42 bits per heavy atom. The topological polar surface area (TPSA) is 52.6 Å². The number of esters is 2. The highest BCUT2D eigenvalue weighted by molar-refractivity contribution is 6.31. The summed E-state index contributed by atoms with van der Waals surface area (Å²) in [5.74, 6) is -0.701. The Morgan fingerprint density at radius 1 is 1.15 bits per heavy atom. The monoisotopic (exact) mass is 378 g/mol. The highest BCUT2D eigenvalue weighted by Crippen LogP contribution is 2.29. The van der Waals surface area contributed by atoms with Crippen molar-refractivity contribution in [3.8, 4) is 5.75 Å². The zero-order valence-corrected chi connectivity index (χ0v) is 16.4. The van der Waals surface area contributed by atoms with Gasteiger partial charge in [0.25, 0.3) is 0 Å². The van der Waals surface area contributed by atoms with Crippen LogP contribution in [0.1, 0.15) is 45.1 Å². The van der Waals surface area contributed by atoms with Crippen molar-refractivity contribution in [2.45, 2.75) is 46.5 Å². The van der Waals surface area contributed by atoms with Crippen molar-refractivity contribution < 1.29 is 19.1 Å². The van der Waals surface area contributed by atoms with Gasteiger partial charge in [0, 0.05) is 5.02 Å². The summed E-state index contributed by atoms with van der Waals surface area (Å²) in [7, 11) is 0. The molecule has 0 saturated heterocycles. The molecule has 1 aliphatic carbocycles. The Hall–Kier alpha value is -1.81. The minimum Gasteiger partial charge on any atom is -0.465 e. The van der Waals surface area contributed by atoms with E-state index in [4.69, 9.17) is 21.1 Å². The van der Waals surface area contributed by atoms with Crippen LogP contribution in [-0.2, 0) is 14.3 Å². The molecule has 0 fully saturated rings. The third-order valence-electron chi connectivity index (χ3n) is 4.56. The van der Waals surface area contributed by atoms with Crippen LogP contribution in [0.3, 0.4) is 0 Å². The molecule has 2 atom stereocenters. The molecule has 1 aromatic carbocycles. The second kappa shape index (κ2) is 9.77. The minimum absolute atomic E-state index is 0.313. The van der Waals surface area contributed by atoms with Crippen LogP contribution in [0.4, 0.5) is 0 Å². The van der Waals surface area contributed by atoms with E-state index in [0.717, 1.165) is 18.4 Å². The molecule has 0 saturated carbocycles. The van der Waals surface area contributed by atoms with Crippen molar-refractivity contribution in [2.75, 3.05) is 6.61 Å². The second-order valence-electron chi connectivity index (χ2n) is 7.19. The molecule has 0 aliphatic heterocycles. The molecule has 26 heavy (non-hydrogen) atoms. The van der Waals surface area contributed by atoms with Crippen molar-refractivity contribution >= 4 is 23.5 Å². The summed E-state index contributed by atoms with van der Waals surface area (Å²) < 4.78 is 10.9. The van der Waals surface area contributed by atoms with Crippen molar-refractivity contribution in [1.82, 2.24) is 0 Å². The fourth-order valence-corrected chi connectivity index (χ4v) is 3.10. The molecule has 1 aromatic rings. The molecule has 0 heterocycles. The SMILES string of the molecule is Cc1cc(OC(=O)C2CC=CCC2C(=O)OCCCC(C)C)ccc1Cl. The van der Waals surface area contributed by atoms with Gasteiger partial charge in [-0.2, -0.15) is 0 Å². The predicted octanol–water partition coefficient (Wildman–Crippen LogP) is 5.12. The molecular formula is C21H27ClO4. The summed E-state index contributed by atoms with van der Waals surface area (Å²) in [4.78, 5) is 25.0. The van der Waals surface area contributed by atoms with Crippen molar-refractivity contribution in [3.63, 3.8) is 0 Å². The number of carbonyl (C=O) groups excluding carboxylic acids is 2. The average molecular weight is 379 g/mol. The molecule has 2 rings (SSSR count). The molecule has 2 unspecified atom stereocenters. The lowest BCUT2D eigenvalue weighted by molar-refractivity contribution is -0.157. The summed E-state index contributed by atoms with van der Waals surface area (Å²) in [6.45, 7) is 6.52. The van der Waals surface area contributed by atoms with E-state index in [-0.39, 0.29) is 5.97 Å². The number of allylic oxidation sites excluding steroid dienone is 2. The molecule has 0 aromatic heterocycles. The predicted molar refractivity (Wildman–Crippen MR) is 102 cm³/mol. The van der Waals surface area contributed by atoms with Gasteiger partial charge in [-0.15, -0.1) is 0 Å². The average Bonchev–Trinajstić information content (AvgIpc) is 2.61. The summed E-state index contributed by atoms with van der Waals surface area (Å²) in [6, 6.07) is 5.07. The first-order valence-electron chi connectivity index (χ1n) is 9.18. The largest absolute Gasteiger partial charge is 0.465 e. The standard InChI is InChI=1S/C21H27ClO4/c1-14(2)7-6-12-25-20(23)17-8-4-5-9-18(17)21(24)26-16-10-11-19(22)15(3)13-16/h4-5,10-11,13-14,17-18H,6-9,12H2,1-3H3. The maximum Gasteiger partial charge on any atom is 0.315 e. The molecular weight excluding hydrogens is 352 g/mol. The molecule has 5 heteroatoms. The summed E-state index contributed by atoms with van der Waals surface area (Å²) in [5, 5.41) is 0.619. The van der Waals surface area contributed by atoms with Crippen LogP contribution in [0.2, 0.25) is 5.02 Å². The van der Waals surface area contributed by atoms with Crippen molar-refractivity contribution in [1.29, 1.82) is 0 Å². The van der Waals surface area contributed by atoms with Gasteiger partial charge in [0.2, 0.25) is 0 Å². The Morgan fingerprint density at radius 2 is 1.81 bits per heavy atom. The van der Waals surface area contributed by atoms with Crippen LogP contribution >= 0.6 is 11.6 Å². The number of halogens is 1. The molecule has 1 aliphatic rings. The lowest BCUT2D eigenvalue weighted by Crippen LogP contribution is -2.35. The van der Waals surface area contributed by atoms with Crippen molar-refractivity contribution in [2.24, 2.45) is 17.8 Å². The molecule has 0 amide bonds. The molecule has 0 spiro atoms. The smallest absolute Gasteiger partial charge is 0.315 e. The Bertz CT molecular complexity index is 666. The number of aryl methyl sites for hydroxylation is 1. The van der Waals surface area contributed by atoms with Gasteiger partial charge in [0.15, 0.2) is 0 Å². The van der Waals surface area contributed by atoms with Gasteiger partial charge in [-0.05, 0) is 62.3 Å². The molecule has 4 nitrogen and oxygen atoms in total. The van der Waals surface area contributed by atoms with E-state index in [2.05, 4.69) is 13.8 Å². The third-order valence-corrected chi connectivity index (χ3v) is 4.98. The van der Waals surface area contributed by atoms with Gasteiger partial charge < -0.3 is 9.47 Å². The van der Waals surface area contributed by atoms with Crippen LogP contribution in [0.15, 0.2) is 30.4 Å². The lowest BCUT2D eigenvalue weighted by atomic mass is 9.83. The van der Waals surface area contributed by atoms with Gasteiger partial charge >= 0.3 is 11.9 Å². The van der Waals surface area contributed by atoms with E-state index in [9.17, 15) is 9.59 Å². The zero-order valence-electron chi connectivity index (χ0n) is 15.7. The second-order valence-corrected chi connectivity index (χ2v) is 7.60. The van der Waals surface area contributed by atoms with E-state index in [1.807, 2.05) is 19.1 Å². The van der Waals surface area contributed by atoms with Gasteiger partial charge in [-0.1, -0.05) is 37.6 Å². The first kappa shape index (κ1) is 20.5. The number of benzene rings is 1. The maximum atomic E-state index is 12.6. The van der Waals surface area contributed by atoms with E-state index in [0.29, 0.717) is 36.1 Å². The van der Waals surface area contributed by atoms with Gasteiger partial charge in [0.05, 0.1) is 18.4 Å². The lowest BCUT2D eigenvalue weighted by Gasteiger charge is -2.25. The van der Waals surface area contributed by atoms with E-state index in [1.54, 1.807) is 18.2 Å². The molecule has 0 N–H and O–H groups in total.